The molecule has 0 bridgehead atoms. The molecule has 1 aliphatic heterocycles. The first-order valence-corrected chi connectivity index (χ1v) is 7.24. The van der Waals surface area contributed by atoms with Crippen LogP contribution in [-0.4, -0.2) is 25.1 Å². The van der Waals surface area contributed by atoms with Gasteiger partial charge in [0.15, 0.2) is 0 Å². The number of nitrogens with zero attached hydrogens (tertiary/aromatic N) is 2. The van der Waals surface area contributed by atoms with Crippen LogP contribution in [0.1, 0.15) is 37.8 Å². The van der Waals surface area contributed by atoms with Crippen LogP contribution in [-0.2, 0) is 6.54 Å². The van der Waals surface area contributed by atoms with E-state index in [4.69, 9.17) is 11.6 Å². The predicted octanol–water partition coefficient (Wildman–Crippen LogP) is 3.22. The number of anilines is 1. The second kappa shape index (κ2) is 6.95. The van der Waals surface area contributed by atoms with Gasteiger partial charge in [0.05, 0.1) is 10.7 Å². The summed E-state index contributed by atoms with van der Waals surface area (Å²) in [5, 5.41) is 3.86. The molecule has 0 saturated carbocycles. The van der Waals surface area contributed by atoms with Gasteiger partial charge in [-0.15, -0.1) is 0 Å². The van der Waals surface area contributed by atoms with Crippen LogP contribution in [0.2, 0.25) is 5.02 Å². The second-order valence-electron chi connectivity index (χ2n) is 4.88. The Morgan fingerprint density at radius 2 is 1.83 bits per heavy atom. The van der Waals surface area contributed by atoms with Gasteiger partial charge in [0, 0.05) is 19.6 Å². The van der Waals surface area contributed by atoms with E-state index in [2.05, 4.69) is 15.2 Å². The fourth-order valence-corrected chi connectivity index (χ4v) is 2.59. The maximum absolute atomic E-state index is 6.15. The van der Waals surface area contributed by atoms with Crippen molar-refractivity contribution in [1.82, 2.24) is 10.3 Å². The Morgan fingerprint density at radius 1 is 1.17 bits per heavy atom. The monoisotopic (exact) mass is 267 g/mol. The van der Waals surface area contributed by atoms with Crippen LogP contribution in [0.3, 0.4) is 0 Å². The lowest BCUT2D eigenvalue weighted by Crippen LogP contribution is -2.28. The summed E-state index contributed by atoms with van der Waals surface area (Å²) in [6.07, 6.45) is 6.60. The van der Waals surface area contributed by atoms with E-state index in [0.717, 1.165) is 36.2 Å². The highest BCUT2D eigenvalue weighted by Crippen LogP contribution is 2.21. The Hall–Kier alpha value is -0.800. The molecule has 1 fully saturated rings. The van der Waals surface area contributed by atoms with Crippen LogP contribution in [0.5, 0.6) is 0 Å². The lowest BCUT2D eigenvalue weighted by molar-refractivity contribution is 0.553. The van der Waals surface area contributed by atoms with E-state index in [1.807, 2.05) is 19.2 Å². The van der Waals surface area contributed by atoms with E-state index in [-0.39, 0.29) is 0 Å². The Morgan fingerprint density at radius 3 is 2.50 bits per heavy atom. The van der Waals surface area contributed by atoms with Crippen molar-refractivity contribution < 1.29 is 0 Å². The van der Waals surface area contributed by atoms with Gasteiger partial charge in [-0.2, -0.15) is 0 Å². The standard InChI is InChI=1S/C14H22ClN3/c1-16-11-13-12(15)7-8-14(17-13)18-9-5-3-2-4-6-10-18/h7-8,16H,2-6,9-11H2,1H3. The van der Waals surface area contributed by atoms with Crippen molar-refractivity contribution in [2.24, 2.45) is 0 Å². The molecule has 2 rings (SSSR count). The van der Waals surface area contributed by atoms with Crippen molar-refractivity contribution in [3.8, 4) is 0 Å². The van der Waals surface area contributed by atoms with E-state index in [1.165, 1.54) is 32.1 Å². The smallest absolute Gasteiger partial charge is 0.128 e. The number of hydrogen-bond donors (Lipinski definition) is 1. The summed E-state index contributed by atoms with van der Waals surface area (Å²) < 4.78 is 0. The number of nitrogens with one attached hydrogen (secondary N) is 1. The third-order valence-electron chi connectivity index (χ3n) is 3.43. The first kappa shape index (κ1) is 13.6. The Balaban J connectivity index is 2.12. The largest absolute Gasteiger partial charge is 0.357 e. The first-order valence-electron chi connectivity index (χ1n) is 6.86. The molecule has 1 N–H and O–H groups in total. The van der Waals surface area contributed by atoms with Crippen molar-refractivity contribution in [3.05, 3.63) is 22.8 Å². The van der Waals surface area contributed by atoms with Gasteiger partial charge in [-0.05, 0) is 32.0 Å². The molecule has 0 amide bonds. The second-order valence-corrected chi connectivity index (χ2v) is 5.29. The molecule has 100 valence electrons. The fourth-order valence-electron chi connectivity index (χ4n) is 2.42. The van der Waals surface area contributed by atoms with E-state index < -0.39 is 0 Å². The predicted molar refractivity (Wildman–Crippen MR) is 77.3 cm³/mol. The zero-order valence-corrected chi connectivity index (χ0v) is 11.8. The molecule has 1 saturated heterocycles. The molecule has 4 heteroatoms. The Labute approximate surface area is 115 Å². The van der Waals surface area contributed by atoms with Gasteiger partial charge >= 0.3 is 0 Å². The van der Waals surface area contributed by atoms with Crippen molar-refractivity contribution >= 4 is 17.4 Å². The molecule has 2 heterocycles. The average molecular weight is 268 g/mol. The maximum Gasteiger partial charge on any atom is 0.128 e. The number of pyridine rings is 1. The molecule has 3 nitrogen and oxygen atoms in total. The van der Waals surface area contributed by atoms with Gasteiger partial charge in [0.1, 0.15) is 5.82 Å². The molecular weight excluding hydrogens is 246 g/mol. The van der Waals surface area contributed by atoms with Crippen molar-refractivity contribution in [2.45, 2.75) is 38.6 Å². The van der Waals surface area contributed by atoms with Crippen LogP contribution in [0, 0.1) is 0 Å². The summed E-state index contributed by atoms with van der Waals surface area (Å²) >= 11 is 6.15. The molecule has 1 aromatic rings. The van der Waals surface area contributed by atoms with E-state index in [0.29, 0.717) is 0 Å². The van der Waals surface area contributed by atoms with Gasteiger partial charge in [0.2, 0.25) is 0 Å². The minimum absolute atomic E-state index is 0.723. The first-order chi connectivity index (χ1) is 8.81. The van der Waals surface area contributed by atoms with E-state index in [9.17, 15) is 0 Å². The number of hydrogen-bond acceptors (Lipinski definition) is 3. The summed E-state index contributed by atoms with van der Waals surface area (Å²) in [6, 6.07) is 4.01. The van der Waals surface area contributed by atoms with E-state index in [1.54, 1.807) is 0 Å². The fraction of sp³-hybridized carbons (Fsp3) is 0.643. The van der Waals surface area contributed by atoms with Crippen LogP contribution in [0.4, 0.5) is 5.82 Å². The summed E-state index contributed by atoms with van der Waals surface area (Å²) in [5.41, 5.74) is 0.943. The average Bonchev–Trinajstić information content (AvgIpc) is 2.32. The minimum Gasteiger partial charge on any atom is -0.357 e. The topological polar surface area (TPSA) is 28.2 Å². The van der Waals surface area contributed by atoms with Gasteiger partial charge in [0.25, 0.3) is 0 Å². The molecular formula is C14H22ClN3. The molecule has 0 radical (unpaired) electrons. The van der Waals surface area contributed by atoms with Crippen LogP contribution < -0.4 is 10.2 Å². The van der Waals surface area contributed by atoms with Crippen molar-refractivity contribution in [3.63, 3.8) is 0 Å². The zero-order chi connectivity index (χ0) is 12.8. The molecule has 0 aliphatic carbocycles. The van der Waals surface area contributed by atoms with Crippen LogP contribution >= 0.6 is 11.6 Å². The molecule has 1 aliphatic rings. The molecule has 1 aromatic heterocycles. The Bertz CT molecular complexity index is 373. The third kappa shape index (κ3) is 3.59. The van der Waals surface area contributed by atoms with Crippen LogP contribution in [0.15, 0.2) is 12.1 Å². The third-order valence-corrected chi connectivity index (χ3v) is 3.77. The quantitative estimate of drug-likeness (QED) is 0.911. The highest BCUT2D eigenvalue weighted by Gasteiger charge is 2.12. The van der Waals surface area contributed by atoms with Crippen molar-refractivity contribution in [2.75, 3.05) is 25.0 Å². The summed E-state index contributed by atoms with van der Waals surface area (Å²) in [7, 11) is 1.92. The molecule has 0 spiro atoms. The lowest BCUT2D eigenvalue weighted by Gasteiger charge is -2.26. The summed E-state index contributed by atoms with van der Waals surface area (Å²) in [4.78, 5) is 7.09. The molecule has 0 aromatic carbocycles. The lowest BCUT2D eigenvalue weighted by atomic mass is 10.1. The zero-order valence-electron chi connectivity index (χ0n) is 11.1. The Kier molecular flexibility index (Phi) is 5.26. The minimum atomic E-state index is 0.723. The highest BCUT2D eigenvalue weighted by atomic mass is 35.5. The highest BCUT2D eigenvalue weighted by molar-refractivity contribution is 6.31. The summed E-state index contributed by atoms with van der Waals surface area (Å²) in [6.45, 7) is 2.96. The molecule has 0 unspecified atom stereocenters. The van der Waals surface area contributed by atoms with Gasteiger partial charge < -0.3 is 10.2 Å². The van der Waals surface area contributed by atoms with Gasteiger partial charge in [-0.1, -0.05) is 30.9 Å². The van der Waals surface area contributed by atoms with Gasteiger partial charge in [-0.3, -0.25) is 0 Å². The summed E-state index contributed by atoms with van der Waals surface area (Å²) in [5.74, 6) is 1.08. The normalized spacial score (nSPS) is 17.3. The number of aromatic nitrogens is 1. The number of rotatable bonds is 3. The molecule has 18 heavy (non-hydrogen) atoms. The number of halogens is 1. The maximum atomic E-state index is 6.15. The van der Waals surface area contributed by atoms with Crippen LogP contribution in [0.25, 0.3) is 0 Å². The SMILES string of the molecule is CNCc1nc(N2CCCCCCC2)ccc1Cl. The van der Waals surface area contributed by atoms with Gasteiger partial charge in [-0.25, -0.2) is 4.98 Å². The molecule has 0 atom stereocenters. The van der Waals surface area contributed by atoms with Crippen molar-refractivity contribution in [1.29, 1.82) is 0 Å². The van der Waals surface area contributed by atoms with E-state index >= 15 is 0 Å².